The first-order valence-corrected chi connectivity index (χ1v) is 5.49. The first-order chi connectivity index (χ1) is 7.81. The molecular formula is C12H15NO3. The summed E-state index contributed by atoms with van der Waals surface area (Å²) in [5.41, 5.74) is 0.609. The number of carbonyl (C=O) groups excluding carboxylic acids is 1. The lowest BCUT2D eigenvalue weighted by Crippen LogP contribution is -2.24. The lowest BCUT2D eigenvalue weighted by molar-refractivity contribution is 0.0952. The van der Waals surface area contributed by atoms with Gasteiger partial charge in [-0.1, -0.05) is 6.92 Å². The molecule has 4 heteroatoms. The minimum atomic E-state index is -0.0705. The molecule has 1 aliphatic rings. The first kappa shape index (κ1) is 10.8. The third-order valence-corrected chi connectivity index (χ3v) is 2.34. The van der Waals surface area contributed by atoms with Crippen LogP contribution >= 0.6 is 0 Å². The van der Waals surface area contributed by atoms with Crippen molar-refractivity contribution in [3.8, 4) is 11.5 Å². The van der Waals surface area contributed by atoms with E-state index < -0.39 is 0 Å². The van der Waals surface area contributed by atoms with Crippen LogP contribution in [0.15, 0.2) is 18.2 Å². The molecule has 2 rings (SSSR count). The fraction of sp³-hybridized carbons (Fsp3) is 0.417. The molecule has 0 radical (unpaired) electrons. The molecule has 1 N–H and O–H groups in total. The maximum Gasteiger partial charge on any atom is 0.251 e. The van der Waals surface area contributed by atoms with Gasteiger partial charge < -0.3 is 14.8 Å². The van der Waals surface area contributed by atoms with Crippen LogP contribution in [0.2, 0.25) is 0 Å². The summed E-state index contributed by atoms with van der Waals surface area (Å²) in [6.45, 7) is 3.80. The molecule has 16 heavy (non-hydrogen) atoms. The van der Waals surface area contributed by atoms with Crippen LogP contribution in [-0.4, -0.2) is 25.7 Å². The minimum Gasteiger partial charge on any atom is -0.486 e. The van der Waals surface area contributed by atoms with Crippen molar-refractivity contribution in [1.29, 1.82) is 0 Å². The Labute approximate surface area is 94.6 Å². The Morgan fingerprint density at radius 2 is 2.06 bits per heavy atom. The van der Waals surface area contributed by atoms with Gasteiger partial charge in [-0.05, 0) is 24.6 Å². The number of hydrogen-bond donors (Lipinski definition) is 1. The Morgan fingerprint density at radius 3 is 2.81 bits per heavy atom. The van der Waals surface area contributed by atoms with E-state index in [9.17, 15) is 4.79 Å². The molecule has 0 fully saturated rings. The van der Waals surface area contributed by atoms with Crippen molar-refractivity contribution in [3.05, 3.63) is 23.8 Å². The molecule has 86 valence electrons. The number of amides is 1. The standard InChI is InChI=1S/C12H15NO3/c1-2-5-13-12(14)9-3-4-10-11(8-9)16-7-6-15-10/h3-4,8H,2,5-7H2,1H3,(H,13,14). The highest BCUT2D eigenvalue weighted by Crippen LogP contribution is 2.30. The van der Waals surface area contributed by atoms with E-state index in [1.165, 1.54) is 0 Å². The van der Waals surface area contributed by atoms with Gasteiger partial charge in [0.05, 0.1) is 0 Å². The molecule has 0 spiro atoms. The van der Waals surface area contributed by atoms with Crippen molar-refractivity contribution >= 4 is 5.91 Å². The number of ether oxygens (including phenoxy) is 2. The maximum absolute atomic E-state index is 11.7. The molecule has 1 heterocycles. The zero-order valence-electron chi connectivity index (χ0n) is 9.29. The summed E-state index contributed by atoms with van der Waals surface area (Å²) in [5, 5.41) is 2.82. The van der Waals surface area contributed by atoms with Crippen molar-refractivity contribution in [2.75, 3.05) is 19.8 Å². The van der Waals surface area contributed by atoms with Gasteiger partial charge in [-0.3, -0.25) is 4.79 Å². The molecule has 0 saturated heterocycles. The zero-order chi connectivity index (χ0) is 11.4. The third kappa shape index (κ3) is 2.27. The largest absolute Gasteiger partial charge is 0.486 e. The molecule has 1 aliphatic heterocycles. The lowest BCUT2D eigenvalue weighted by Gasteiger charge is -2.18. The third-order valence-electron chi connectivity index (χ3n) is 2.34. The molecule has 1 amide bonds. The average molecular weight is 221 g/mol. The fourth-order valence-corrected chi connectivity index (χ4v) is 1.53. The van der Waals surface area contributed by atoms with Crippen LogP contribution in [0, 0.1) is 0 Å². The van der Waals surface area contributed by atoms with Crippen LogP contribution in [0.3, 0.4) is 0 Å². The smallest absolute Gasteiger partial charge is 0.251 e. The van der Waals surface area contributed by atoms with Crippen molar-refractivity contribution in [1.82, 2.24) is 5.32 Å². The predicted molar refractivity (Wildman–Crippen MR) is 60.1 cm³/mol. The molecule has 0 aromatic heterocycles. The fourth-order valence-electron chi connectivity index (χ4n) is 1.53. The highest BCUT2D eigenvalue weighted by Gasteiger charge is 2.14. The number of carbonyl (C=O) groups is 1. The van der Waals surface area contributed by atoms with E-state index in [1.54, 1.807) is 18.2 Å². The Hall–Kier alpha value is -1.71. The van der Waals surface area contributed by atoms with Gasteiger partial charge in [0.25, 0.3) is 5.91 Å². The highest BCUT2D eigenvalue weighted by molar-refractivity contribution is 5.94. The summed E-state index contributed by atoms with van der Waals surface area (Å²) >= 11 is 0. The van der Waals surface area contributed by atoms with Crippen LogP contribution < -0.4 is 14.8 Å². The second kappa shape index (κ2) is 4.88. The topological polar surface area (TPSA) is 47.6 Å². The number of nitrogens with one attached hydrogen (secondary N) is 1. The Morgan fingerprint density at radius 1 is 1.31 bits per heavy atom. The monoisotopic (exact) mass is 221 g/mol. The van der Waals surface area contributed by atoms with E-state index >= 15 is 0 Å². The molecule has 1 aromatic carbocycles. The van der Waals surface area contributed by atoms with Crippen LogP contribution in [-0.2, 0) is 0 Å². The molecule has 4 nitrogen and oxygen atoms in total. The van der Waals surface area contributed by atoms with Gasteiger partial charge in [0.15, 0.2) is 11.5 Å². The second-order valence-corrected chi connectivity index (χ2v) is 3.61. The Kier molecular flexibility index (Phi) is 3.29. The van der Waals surface area contributed by atoms with E-state index in [1.807, 2.05) is 6.92 Å². The van der Waals surface area contributed by atoms with E-state index in [0.717, 1.165) is 6.42 Å². The van der Waals surface area contributed by atoms with E-state index in [2.05, 4.69) is 5.32 Å². The number of benzene rings is 1. The molecule has 0 bridgehead atoms. The first-order valence-electron chi connectivity index (χ1n) is 5.49. The van der Waals surface area contributed by atoms with Crippen LogP contribution in [0.1, 0.15) is 23.7 Å². The van der Waals surface area contributed by atoms with E-state index in [0.29, 0.717) is 36.8 Å². The van der Waals surface area contributed by atoms with Crippen molar-refractivity contribution in [3.63, 3.8) is 0 Å². The Balaban J connectivity index is 2.13. The molecule has 0 saturated carbocycles. The second-order valence-electron chi connectivity index (χ2n) is 3.61. The molecule has 0 aliphatic carbocycles. The van der Waals surface area contributed by atoms with Gasteiger partial charge in [0.1, 0.15) is 13.2 Å². The van der Waals surface area contributed by atoms with E-state index in [4.69, 9.17) is 9.47 Å². The quantitative estimate of drug-likeness (QED) is 0.843. The lowest BCUT2D eigenvalue weighted by atomic mass is 10.2. The molecule has 1 aromatic rings. The summed E-state index contributed by atoms with van der Waals surface area (Å²) in [4.78, 5) is 11.7. The normalized spacial score (nSPS) is 13.3. The SMILES string of the molecule is CCCNC(=O)c1ccc2c(c1)OCCO2. The van der Waals surface area contributed by atoms with Gasteiger partial charge >= 0.3 is 0 Å². The average Bonchev–Trinajstić information content (AvgIpc) is 2.35. The van der Waals surface area contributed by atoms with Crippen molar-refractivity contribution < 1.29 is 14.3 Å². The highest BCUT2D eigenvalue weighted by atomic mass is 16.6. The van der Waals surface area contributed by atoms with Gasteiger partial charge in [-0.2, -0.15) is 0 Å². The summed E-state index contributed by atoms with van der Waals surface area (Å²) in [7, 11) is 0. The molecular weight excluding hydrogens is 206 g/mol. The predicted octanol–water partition coefficient (Wildman–Crippen LogP) is 1.60. The molecule has 0 atom stereocenters. The summed E-state index contributed by atoms with van der Waals surface area (Å²) in [6, 6.07) is 5.24. The summed E-state index contributed by atoms with van der Waals surface area (Å²) in [6.07, 6.45) is 0.927. The van der Waals surface area contributed by atoms with Crippen LogP contribution in [0.25, 0.3) is 0 Å². The summed E-state index contributed by atoms with van der Waals surface area (Å²) in [5.74, 6) is 1.28. The summed E-state index contributed by atoms with van der Waals surface area (Å²) < 4.78 is 10.8. The number of rotatable bonds is 3. The minimum absolute atomic E-state index is 0.0705. The van der Waals surface area contributed by atoms with Gasteiger partial charge in [-0.15, -0.1) is 0 Å². The Bertz CT molecular complexity index is 390. The van der Waals surface area contributed by atoms with Gasteiger partial charge in [-0.25, -0.2) is 0 Å². The van der Waals surface area contributed by atoms with E-state index in [-0.39, 0.29) is 5.91 Å². The zero-order valence-corrected chi connectivity index (χ0v) is 9.29. The number of fused-ring (bicyclic) bond motifs is 1. The van der Waals surface area contributed by atoms with Gasteiger partial charge in [0, 0.05) is 12.1 Å². The molecule has 0 unspecified atom stereocenters. The number of hydrogen-bond acceptors (Lipinski definition) is 3. The van der Waals surface area contributed by atoms with Crippen LogP contribution in [0.5, 0.6) is 11.5 Å². The maximum atomic E-state index is 11.7. The van der Waals surface area contributed by atoms with Crippen molar-refractivity contribution in [2.24, 2.45) is 0 Å². The van der Waals surface area contributed by atoms with Crippen LogP contribution in [0.4, 0.5) is 0 Å². The van der Waals surface area contributed by atoms with Gasteiger partial charge in [0.2, 0.25) is 0 Å². The van der Waals surface area contributed by atoms with Crippen molar-refractivity contribution in [2.45, 2.75) is 13.3 Å².